The quantitative estimate of drug-likeness (QED) is 0.869. The van der Waals surface area contributed by atoms with Crippen molar-refractivity contribution in [3.05, 3.63) is 40.9 Å². The van der Waals surface area contributed by atoms with E-state index in [1.54, 1.807) is 12.1 Å². The molecule has 0 aliphatic heterocycles. The number of phenols is 1. The molecule has 14 heavy (non-hydrogen) atoms. The first-order chi connectivity index (χ1) is 6.59. The highest BCUT2D eigenvalue weighted by atomic mass is 79.9. The van der Waals surface area contributed by atoms with Crippen LogP contribution in [0.2, 0.25) is 0 Å². The predicted molar refractivity (Wildman–Crippen MR) is 58.5 cm³/mol. The SMILES string of the molecule is C=C(Br)CNC(=O)c1ccc(O)cc1. The summed E-state index contributed by atoms with van der Waals surface area (Å²) in [6.45, 7) is 3.99. The van der Waals surface area contributed by atoms with Crippen molar-refractivity contribution in [3.63, 3.8) is 0 Å². The van der Waals surface area contributed by atoms with Gasteiger partial charge in [-0.2, -0.15) is 0 Å². The summed E-state index contributed by atoms with van der Waals surface area (Å²) >= 11 is 3.14. The number of hydrogen-bond acceptors (Lipinski definition) is 2. The number of halogens is 1. The maximum absolute atomic E-state index is 11.4. The van der Waals surface area contributed by atoms with Crippen LogP contribution < -0.4 is 5.32 Å². The molecule has 0 atom stereocenters. The Morgan fingerprint density at radius 2 is 2.00 bits per heavy atom. The Morgan fingerprint density at radius 3 is 2.50 bits per heavy atom. The van der Waals surface area contributed by atoms with Gasteiger partial charge in [-0.25, -0.2) is 0 Å². The van der Waals surface area contributed by atoms with Gasteiger partial charge < -0.3 is 10.4 Å². The monoisotopic (exact) mass is 255 g/mol. The highest BCUT2D eigenvalue weighted by Gasteiger charge is 2.03. The predicted octanol–water partition coefficient (Wildman–Crippen LogP) is 2.03. The number of carbonyl (C=O) groups excluding carboxylic acids is 1. The van der Waals surface area contributed by atoms with Crippen molar-refractivity contribution in [3.8, 4) is 5.75 Å². The molecule has 4 heteroatoms. The molecule has 2 N–H and O–H groups in total. The molecule has 0 unspecified atom stereocenters. The zero-order valence-corrected chi connectivity index (χ0v) is 9.04. The molecule has 0 aromatic heterocycles. The normalized spacial score (nSPS) is 9.50. The summed E-state index contributed by atoms with van der Waals surface area (Å²) < 4.78 is 0.713. The minimum Gasteiger partial charge on any atom is -0.508 e. The summed E-state index contributed by atoms with van der Waals surface area (Å²) in [4.78, 5) is 11.4. The molecule has 0 fully saturated rings. The highest BCUT2D eigenvalue weighted by molar-refractivity contribution is 9.11. The maximum Gasteiger partial charge on any atom is 0.251 e. The van der Waals surface area contributed by atoms with Gasteiger partial charge in [0.25, 0.3) is 5.91 Å². The van der Waals surface area contributed by atoms with Crippen molar-refractivity contribution < 1.29 is 9.90 Å². The van der Waals surface area contributed by atoms with E-state index in [1.165, 1.54) is 12.1 Å². The van der Waals surface area contributed by atoms with E-state index in [0.717, 1.165) is 0 Å². The smallest absolute Gasteiger partial charge is 0.251 e. The number of rotatable bonds is 3. The summed E-state index contributed by atoms with van der Waals surface area (Å²) in [5.41, 5.74) is 0.511. The van der Waals surface area contributed by atoms with Crippen molar-refractivity contribution in [2.24, 2.45) is 0 Å². The van der Waals surface area contributed by atoms with Crippen LogP contribution in [-0.4, -0.2) is 17.6 Å². The minimum atomic E-state index is -0.189. The van der Waals surface area contributed by atoms with Crippen molar-refractivity contribution in [2.75, 3.05) is 6.54 Å². The Morgan fingerprint density at radius 1 is 1.43 bits per heavy atom. The van der Waals surface area contributed by atoms with Gasteiger partial charge in [0.05, 0.1) is 0 Å². The largest absolute Gasteiger partial charge is 0.508 e. The molecule has 1 rings (SSSR count). The fraction of sp³-hybridized carbons (Fsp3) is 0.100. The Bertz CT molecular complexity index is 346. The zero-order valence-electron chi connectivity index (χ0n) is 7.46. The fourth-order valence-corrected chi connectivity index (χ4v) is 1.03. The van der Waals surface area contributed by atoms with E-state index >= 15 is 0 Å². The van der Waals surface area contributed by atoms with Gasteiger partial charge in [-0.1, -0.05) is 22.5 Å². The average Bonchev–Trinajstić information content (AvgIpc) is 2.15. The molecule has 0 heterocycles. The first-order valence-electron chi connectivity index (χ1n) is 4.00. The molecule has 0 spiro atoms. The maximum atomic E-state index is 11.4. The van der Waals surface area contributed by atoms with Crippen LogP contribution in [0, 0.1) is 0 Å². The van der Waals surface area contributed by atoms with Gasteiger partial charge >= 0.3 is 0 Å². The highest BCUT2D eigenvalue weighted by Crippen LogP contribution is 2.09. The van der Waals surface area contributed by atoms with Gasteiger partial charge in [-0.15, -0.1) is 0 Å². The van der Waals surface area contributed by atoms with Crippen LogP contribution in [0.5, 0.6) is 5.75 Å². The van der Waals surface area contributed by atoms with Crippen LogP contribution in [0.15, 0.2) is 35.3 Å². The average molecular weight is 256 g/mol. The molecule has 1 aromatic rings. The first kappa shape index (κ1) is 10.8. The van der Waals surface area contributed by atoms with Crippen LogP contribution in [0.3, 0.4) is 0 Å². The van der Waals surface area contributed by atoms with Gasteiger partial charge in [0.1, 0.15) is 5.75 Å². The minimum absolute atomic E-state index is 0.145. The third kappa shape index (κ3) is 3.22. The lowest BCUT2D eigenvalue weighted by atomic mass is 10.2. The lowest BCUT2D eigenvalue weighted by molar-refractivity contribution is 0.0958. The molecule has 0 saturated carbocycles. The molecule has 1 aromatic carbocycles. The lowest BCUT2D eigenvalue weighted by Gasteiger charge is -2.03. The Labute approximate surface area is 90.6 Å². The third-order valence-corrected chi connectivity index (χ3v) is 1.85. The molecule has 0 bridgehead atoms. The van der Waals surface area contributed by atoms with E-state index in [1.807, 2.05) is 0 Å². The third-order valence-electron chi connectivity index (χ3n) is 1.57. The standard InChI is InChI=1S/C10H10BrNO2/c1-7(11)6-12-10(14)8-2-4-9(13)5-3-8/h2-5,13H,1,6H2,(H,12,14). The van der Waals surface area contributed by atoms with E-state index in [9.17, 15) is 4.79 Å². The van der Waals surface area contributed by atoms with Crippen LogP contribution in [0.1, 0.15) is 10.4 Å². The zero-order chi connectivity index (χ0) is 10.6. The van der Waals surface area contributed by atoms with Gasteiger partial charge in [0.2, 0.25) is 0 Å². The summed E-state index contributed by atoms with van der Waals surface area (Å²) in [5, 5.41) is 11.7. The van der Waals surface area contributed by atoms with E-state index in [-0.39, 0.29) is 11.7 Å². The molecule has 1 amide bonds. The van der Waals surface area contributed by atoms with Crippen molar-refractivity contribution in [2.45, 2.75) is 0 Å². The number of aromatic hydroxyl groups is 1. The van der Waals surface area contributed by atoms with Crippen molar-refractivity contribution >= 4 is 21.8 Å². The second-order valence-electron chi connectivity index (χ2n) is 2.75. The van der Waals surface area contributed by atoms with E-state index in [2.05, 4.69) is 27.8 Å². The number of benzene rings is 1. The summed E-state index contributed by atoms with van der Waals surface area (Å²) in [6, 6.07) is 6.05. The van der Waals surface area contributed by atoms with Crippen LogP contribution in [0.4, 0.5) is 0 Å². The second kappa shape index (κ2) is 4.81. The molecule has 0 aliphatic carbocycles. The van der Waals surface area contributed by atoms with Gasteiger partial charge in [-0.3, -0.25) is 4.79 Å². The number of nitrogens with one attached hydrogen (secondary N) is 1. The summed E-state index contributed by atoms with van der Waals surface area (Å²) in [6.07, 6.45) is 0. The topological polar surface area (TPSA) is 49.3 Å². The second-order valence-corrected chi connectivity index (χ2v) is 3.87. The molecule has 0 aliphatic rings. The molecular formula is C10H10BrNO2. The molecular weight excluding hydrogens is 246 g/mol. The van der Waals surface area contributed by atoms with Gasteiger partial charge in [0.15, 0.2) is 0 Å². The van der Waals surface area contributed by atoms with E-state index < -0.39 is 0 Å². The summed E-state index contributed by atoms with van der Waals surface area (Å²) in [7, 11) is 0. The molecule has 74 valence electrons. The van der Waals surface area contributed by atoms with Crippen LogP contribution in [0.25, 0.3) is 0 Å². The number of phenolic OH excluding ortho intramolecular Hbond substituents is 1. The molecule has 0 saturated heterocycles. The first-order valence-corrected chi connectivity index (χ1v) is 4.79. The van der Waals surface area contributed by atoms with Gasteiger partial charge in [0, 0.05) is 16.6 Å². The lowest BCUT2D eigenvalue weighted by Crippen LogP contribution is -2.24. The van der Waals surface area contributed by atoms with Crippen LogP contribution >= 0.6 is 15.9 Å². The number of carbonyl (C=O) groups is 1. The van der Waals surface area contributed by atoms with E-state index in [0.29, 0.717) is 16.6 Å². The molecule has 3 nitrogen and oxygen atoms in total. The molecule has 0 radical (unpaired) electrons. The summed E-state index contributed by atoms with van der Waals surface area (Å²) in [5.74, 6) is -0.0444. The van der Waals surface area contributed by atoms with E-state index in [4.69, 9.17) is 5.11 Å². The fourth-order valence-electron chi connectivity index (χ4n) is 0.891. The number of hydrogen-bond donors (Lipinski definition) is 2. The Kier molecular flexibility index (Phi) is 3.71. The van der Waals surface area contributed by atoms with Crippen molar-refractivity contribution in [1.29, 1.82) is 0 Å². The van der Waals surface area contributed by atoms with Gasteiger partial charge in [-0.05, 0) is 24.3 Å². The van der Waals surface area contributed by atoms with Crippen LogP contribution in [-0.2, 0) is 0 Å². The Balaban J connectivity index is 2.61. The van der Waals surface area contributed by atoms with Crippen molar-refractivity contribution in [1.82, 2.24) is 5.32 Å². The Hall–Kier alpha value is -1.29. The number of amides is 1.